The molecule has 0 radical (unpaired) electrons. The summed E-state index contributed by atoms with van der Waals surface area (Å²) in [6.45, 7) is 19.4. The van der Waals surface area contributed by atoms with Gasteiger partial charge in [0.2, 0.25) is 0 Å². The van der Waals surface area contributed by atoms with Crippen LogP contribution in [-0.4, -0.2) is 38.1 Å². The molecule has 0 amide bonds. The standard InChI is InChI=1S/C18H36B2O4/c1-13-12-18(9,24-20(21-13)17(6,7)8)11-10-15-14(2)22-19(23-15)16(3,4)5/h13-15H,10-12H2,1-9H3. The summed E-state index contributed by atoms with van der Waals surface area (Å²) in [5.41, 5.74) is -0.168. The van der Waals surface area contributed by atoms with Crippen LogP contribution in [0.5, 0.6) is 0 Å². The molecule has 24 heavy (non-hydrogen) atoms. The van der Waals surface area contributed by atoms with Crippen molar-refractivity contribution in [1.82, 2.24) is 0 Å². The molecule has 0 aliphatic carbocycles. The summed E-state index contributed by atoms with van der Waals surface area (Å²) in [6, 6.07) is 0. The molecule has 2 rings (SSSR count). The maximum absolute atomic E-state index is 6.38. The molecule has 2 saturated heterocycles. The highest BCUT2D eigenvalue weighted by Crippen LogP contribution is 2.41. The lowest BCUT2D eigenvalue weighted by molar-refractivity contribution is -0.0577. The van der Waals surface area contributed by atoms with Gasteiger partial charge < -0.3 is 18.6 Å². The molecule has 138 valence electrons. The van der Waals surface area contributed by atoms with E-state index >= 15 is 0 Å². The fourth-order valence-corrected chi connectivity index (χ4v) is 3.49. The van der Waals surface area contributed by atoms with Gasteiger partial charge >= 0.3 is 14.2 Å². The van der Waals surface area contributed by atoms with Crippen LogP contribution in [0.1, 0.15) is 81.6 Å². The second kappa shape index (κ2) is 6.94. The van der Waals surface area contributed by atoms with Gasteiger partial charge in [-0.3, -0.25) is 0 Å². The molecule has 0 aromatic rings. The Morgan fingerprint density at radius 2 is 1.50 bits per heavy atom. The fraction of sp³-hybridized carbons (Fsp3) is 1.00. The van der Waals surface area contributed by atoms with Crippen LogP contribution in [0.4, 0.5) is 0 Å². The molecule has 2 aliphatic heterocycles. The minimum Gasteiger partial charge on any atom is -0.408 e. The quantitative estimate of drug-likeness (QED) is 0.697. The molecule has 0 aromatic heterocycles. The van der Waals surface area contributed by atoms with E-state index in [0.29, 0.717) is 0 Å². The molecule has 2 aliphatic rings. The maximum Gasteiger partial charge on any atom is 0.463 e. The Balaban J connectivity index is 1.95. The molecular weight excluding hydrogens is 302 g/mol. The van der Waals surface area contributed by atoms with E-state index in [1.54, 1.807) is 0 Å². The van der Waals surface area contributed by atoms with Gasteiger partial charge in [-0.05, 0) is 50.7 Å². The minimum absolute atomic E-state index is 0.00787. The van der Waals surface area contributed by atoms with Crippen LogP contribution >= 0.6 is 0 Å². The topological polar surface area (TPSA) is 36.9 Å². The molecule has 2 fully saturated rings. The van der Waals surface area contributed by atoms with E-state index in [0.717, 1.165) is 19.3 Å². The van der Waals surface area contributed by atoms with E-state index in [1.807, 2.05) is 0 Å². The highest BCUT2D eigenvalue weighted by molar-refractivity contribution is 6.49. The number of hydrogen-bond donors (Lipinski definition) is 0. The van der Waals surface area contributed by atoms with Gasteiger partial charge in [0.25, 0.3) is 0 Å². The highest BCUT2D eigenvalue weighted by atomic mass is 16.7. The summed E-state index contributed by atoms with van der Waals surface area (Å²) < 4.78 is 24.6. The normalized spacial score (nSPS) is 35.6. The highest BCUT2D eigenvalue weighted by Gasteiger charge is 2.48. The van der Waals surface area contributed by atoms with Gasteiger partial charge in [-0.25, -0.2) is 0 Å². The first-order valence-corrected chi connectivity index (χ1v) is 9.44. The Morgan fingerprint density at radius 3 is 2.00 bits per heavy atom. The summed E-state index contributed by atoms with van der Waals surface area (Å²) in [5, 5.41) is -0.0124. The molecule has 0 bridgehead atoms. The van der Waals surface area contributed by atoms with Crippen molar-refractivity contribution < 1.29 is 18.6 Å². The van der Waals surface area contributed by atoms with Crippen molar-refractivity contribution >= 4 is 14.2 Å². The van der Waals surface area contributed by atoms with E-state index in [9.17, 15) is 0 Å². The van der Waals surface area contributed by atoms with Crippen LogP contribution in [0.25, 0.3) is 0 Å². The van der Waals surface area contributed by atoms with E-state index in [-0.39, 0.29) is 48.8 Å². The third-order valence-corrected chi connectivity index (χ3v) is 5.00. The zero-order chi connectivity index (χ0) is 18.3. The monoisotopic (exact) mass is 338 g/mol. The Labute approximate surface area is 149 Å². The molecule has 4 nitrogen and oxygen atoms in total. The van der Waals surface area contributed by atoms with Gasteiger partial charge in [-0.15, -0.1) is 0 Å². The first-order chi connectivity index (χ1) is 10.8. The summed E-state index contributed by atoms with van der Waals surface area (Å²) in [7, 11) is -0.283. The SMILES string of the molecule is CC1CC(C)(CCC2OB(C(C)(C)C)OC2C)OB(C(C)(C)C)O1. The second-order valence-corrected chi connectivity index (χ2v) is 10.2. The summed E-state index contributed by atoms with van der Waals surface area (Å²) in [4.78, 5) is 0. The summed E-state index contributed by atoms with van der Waals surface area (Å²) in [6.07, 6.45) is 3.32. The predicted octanol–water partition coefficient (Wildman–Crippen LogP) is 4.73. The van der Waals surface area contributed by atoms with Crippen LogP contribution in [-0.2, 0) is 18.6 Å². The van der Waals surface area contributed by atoms with Crippen molar-refractivity contribution in [3.05, 3.63) is 0 Å². The van der Waals surface area contributed by atoms with Gasteiger partial charge in [0, 0.05) is 6.10 Å². The molecule has 2 heterocycles. The van der Waals surface area contributed by atoms with Crippen LogP contribution in [0.15, 0.2) is 0 Å². The molecule has 4 unspecified atom stereocenters. The van der Waals surface area contributed by atoms with Crippen LogP contribution in [0.3, 0.4) is 0 Å². The smallest absolute Gasteiger partial charge is 0.408 e. The molecule has 0 aromatic carbocycles. The largest absolute Gasteiger partial charge is 0.463 e. The zero-order valence-corrected chi connectivity index (χ0v) is 17.1. The van der Waals surface area contributed by atoms with Crippen molar-refractivity contribution in [1.29, 1.82) is 0 Å². The first-order valence-electron chi connectivity index (χ1n) is 9.44. The van der Waals surface area contributed by atoms with Gasteiger partial charge in [-0.1, -0.05) is 41.5 Å². The fourth-order valence-electron chi connectivity index (χ4n) is 3.49. The van der Waals surface area contributed by atoms with Crippen molar-refractivity contribution in [2.75, 3.05) is 0 Å². The molecule has 0 saturated carbocycles. The van der Waals surface area contributed by atoms with Crippen LogP contribution in [0.2, 0.25) is 10.6 Å². The van der Waals surface area contributed by atoms with Gasteiger partial charge in [-0.2, -0.15) is 0 Å². The predicted molar refractivity (Wildman–Crippen MR) is 100 cm³/mol. The van der Waals surface area contributed by atoms with Crippen LogP contribution < -0.4 is 0 Å². The van der Waals surface area contributed by atoms with Gasteiger partial charge in [0.1, 0.15) is 0 Å². The Bertz CT molecular complexity index is 432. The molecule has 0 spiro atoms. The Morgan fingerprint density at radius 1 is 0.917 bits per heavy atom. The molecule has 0 N–H and O–H groups in total. The van der Waals surface area contributed by atoms with Crippen LogP contribution in [0, 0.1) is 0 Å². The van der Waals surface area contributed by atoms with Gasteiger partial charge in [0.05, 0.1) is 17.8 Å². The molecule has 6 heteroatoms. The second-order valence-electron chi connectivity index (χ2n) is 10.2. The molecule has 4 atom stereocenters. The van der Waals surface area contributed by atoms with Crippen molar-refractivity contribution in [2.24, 2.45) is 0 Å². The lowest BCUT2D eigenvalue weighted by Gasteiger charge is -2.44. The van der Waals surface area contributed by atoms with Crippen molar-refractivity contribution in [3.63, 3.8) is 0 Å². The zero-order valence-electron chi connectivity index (χ0n) is 17.1. The first kappa shape index (κ1) is 20.3. The lowest BCUT2D eigenvalue weighted by atomic mass is 9.59. The third-order valence-electron chi connectivity index (χ3n) is 5.00. The van der Waals surface area contributed by atoms with Crippen molar-refractivity contribution in [3.8, 4) is 0 Å². The molecular formula is C18H36B2O4. The average molecular weight is 338 g/mol. The number of rotatable bonds is 3. The summed E-state index contributed by atoms with van der Waals surface area (Å²) in [5.74, 6) is 0. The maximum atomic E-state index is 6.38. The summed E-state index contributed by atoms with van der Waals surface area (Å²) >= 11 is 0. The third kappa shape index (κ3) is 5.00. The average Bonchev–Trinajstić information content (AvgIpc) is 2.76. The van der Waals surface area contributed by atoms with E-state index in [2.05, 4.69) is 62.3 Å². The Hall–Kier alpha value is -0.0301. The van der Waals surface area contributed by atoms with E-state index < -0.39 is 0 Å². The van der Waals surface area contributed by atoms with E-state index in [1.165, 1.54) is 0 Å². The Kier molecular flexibility index (Phi) is 5.87. The lowest BCUT2D eigenvalue weighted by Crippen LogP contribution is -2.51. The number of hydrogen-bond acceptors (Lipinski definition) is 4. The van der Waals surface area contributed by atoms with E-state index in [4.69, 9.17) is 18.6 Å². The van der Waals surface area contributed by atoms with Gasteiger partial charge in [0.15, 0.2) is 0 Å². The van der Waals surface area contributed by atoms with Crippen molar-refractivity contribution in [2.45, 2.75) is 116 Å². The minimum atomic E-state index is -0.168.